The van der Waals surface area contributed by atoms with Crippen molar-refractivity contribution in [2.24, 2.45) is 0 Å². The number of ether oxygens (including phenoxy) is 1. The minimum absolute atomic E-state index is 0.0102. The first-order chi connectivity index (χ1) is 8.61. The number of carbonyl (C=O) groups excluding carboxylic acids is 1. The minimum atomic E-state index is -0.0102. The van der Waals surface area contributed by atoms with E-state index >= 15 is 0 Å². The second-order valence-corrected chi connectivity index (χ2v) is 4.28. The molecular formula is C14H12ClNO2. The molecule has 0 saturated carbocycles. The minimum Gasteiger partial charge on any atom is -0.495 e. The van der Waals surface area contributed by atoms with E-state index < -0.39 is 0 Å². The quantitative estimate of drug-likeness (QED) is 0.793. The number of Topliss-reactive ketones (excluding diaryl/α,β-unsaturated/α-hetero) is 1. The smallest absolute Gasteiger partial charge is 0.161 e. The zero-order valence-electron chi connectivity index (χ0n) is 10.1. The molecule has 0 N–H and O–H groups in total. The molecule has 92 valence electrons. The maximum Gasteiger partial charge on any atom is 0.161 e. The molecule has 2 rings (SSSR count). The molecule has 3 nitrogen and oxygen atoms in total. The van der Waals surface area contributed by atoms with Gasteiger partial charge in [0.1, 0.15) is 5.75 Å². The van der Waals surface area contributed by atoms with E-state index in [0.29, 0.717) is 16.3 Å². The third kappa shape index (κ3) is 2.51. The van der Waals surface area contributed by atoms with Gasteiger partial charge < -0.3 is 4.74 Å². The van der Waals surface area contributed by atoms with Crippen molar-refractivity contribution in [2.45, 2.75) is 6.92 Å². The molecule has 1 aromatic heterocycles. The first-order valence-electron chi connectivity index (χ1n) is 5.41. The van der Waals surface area contributed by atoms with Gasteiger partial charge in [0.25, 0.3) is 0 Å². The Bertz CT molecular complexity index is 596. The number of carbonyl (C=O) groups is 1. The summed E-state index contributed by atoms with van der Waals surface area (Å²) in [5.41, 5.74) is 2.34. The van der Waals surface area contributed by atoms with Crippen molar-refractivity contribution in [2.75, 3.05) is 7.11 Å². The van der Waals surface area contributed by atoms with Crippen molar-refractivity contribution >= 4 is 17.4 Å². The lowest BCUT2D eigenvalue weighted by atomic mass is 10.0. The van der Waals surface area contributed by atoms with E-state index in [4.69, 9.17) is 16.3 Å². The highest BCUT2D eigenvalue weighted by atomic mass is 35.5. The van der Waals surface area contributed by atoms with Gasteiger partial charge in [-0.25, -0.2) is 0 Å². The number of halogens is 1. The molecule has 1 heterocycles. The van der Waals surface area contributed by atoms with Crippen LogP contribution in [0.3, 0.4) is 0 Å². The molecule has 0 fully saturated rings. The Kier molecular flexibility index (Phi) is 3.63. The van der Waals surface area contributed by atoms with Gasteiger partial charge in [0.2, 0.25) is 0 Å². The number of methoxy groups -OCH3 is 1. The second kappa shape index (κ2) is 5.19. The highest BCUT2D eigenvalue weighted by Gasteiger charge is 2.06. The van der Waals surface area contributed by atoms with E-state index in [0.717, 1.165) is 11.1 Å². The van der Waals surface area contributed by atoms with Crippen LogP contribution in [0, 0.1) is 0 Å². The topological polar surface area (TPSA) is 39.2 Å². The monoisotopic (exact) mass is 261 g/mol. The van der Waals surface area contributed by atoms with Gasteiger partial charge in [-0.2, -0.15) is 0 Å². The maximum absolute atomic E-state index is 11.3. The second-order valence-electron chi connectivity index (χ2n) is 3.87. The van der Waals surface area contributed by atoms with E-state index in [1.165, 1.54) is 6.92 Å². The SMILES string of the molecule is COc1ccc(-c2cncc(C(C)=O)c2)cc1Cl. The van der Waals surface area contributed by atoms with Crippen LogP contribution >= 0.6 is 11.6 Å². The zero-order valence-corrected chi connectivity index (χ0v) is 10.9. The van der Waals surface area contributed by atoms with Crippen molar-refractivity contribution in [1.82, 2.24) is 4.98 Å². The normalized spacial score (nSPS) is 10.2. The van der Waals surface area contributed by atoms with Gasteiger partial charge in [0.05, 0.1) is 12.1 Å². The molecule has 0 amide bonds. The fraction of sp³-hybridized carbons (Fsp3) is 0.143. The Morgan fingerprint density at radius 1 is 1.22 bits per heavy atom. The molecule has 0 aliphatic carbocycles. The lowest BCUT2D eigenvalue weighted by Gasteiger charge is -2.06. The summed E-state index contributed by atoms with van der Waals surface area (Å²) in [5.74, 6) is 0.611. The fourth-order valence-electron chi connectivity index (χ4n) is 1.64. The summed E-state index contributed by atoms with van der Waals surface area (Å²) < 4.78 is 5.10. The number of pyridine rings is 1. The molecule has 4 heteroatoms. The van der Waals surface area contributed by atoms with Crippen LogP contribution in [0.1, 0.15) is 17.3 Å². The highest BCUT2D eigenvalue weighted by Crippen LogP contribution is 2.30. The summed E-state index contributed by atoms with van der Waals surface area (Å²) in [7, 11) is 1.57. The van der Waals surface area contributed by atoms with Gasteiger partial charge >= 0.3 is 0 Å². The largest absolute Gasteiger partial charge is 0.495 e. The third-order valence-corrected chi connectivity index (χ3v) is 2.93. The molecule has 18 heavy (non-hydrogen) atoms. The summed E-state index contributed by atoms with van der Waals surface area (Å²) in [6, 6.07) is 7.26. The fourth-order valence-corrected chi connectivity index (χ4v) is 1.89. The number of benzene rings is 1. The summed E-state index contributed by atoms with van der Waals surface area (Å²) in [6.45, 7) is 1.52. The van der Waals surface area contributed by atoms with Gasteiger partial charge in [-0.05, 0) is 30.7 Å². The predicted molar refractivity (Wildman–Crippen MR) is 71.2 cm³/mol. The van der Waals surface area contributed by atoms with E-state index in [1.54, 1.807) is 37.7 Å². The molecule has 0 bridgehead atoms. The third-order valence-electron chi connectivity index (χ3n) is 2.63. The summed E-state index contributed by atoms with van der Waals surface area (Å²) in [5, 5.41) is 0.531. The predicted octanol–water partition coefficient (Wildman–Crippen LogP) is 3.61. The van der Waals surface area contributed by atoms with Crippen molar-refractivity contribution in [3.8, 4) is 16.9 Å². The molecule has 0 aliphatic rings. The summed E-state index contributed by atoms with van der Waals surface area (Å²) in [4.78, 5) is 15.4. The van der Waals surface area contributed by atoms with Crippen LogP contribution < -0.4 is 4.74 Å². The molecule has 0 spiro atoms. The standard InChI is InChI=1S/C14H12ClNO2/c1-9(17)11-5-12(8-16-7-11)10-3-4-14(18-2)13(15)6-10/h3-8H,1-2H3. The number of nitrogens with zero attached hydrogens (tertiary/aromatic N) is 1. The van der Waals surface area contributed by atoms with Crippen LogP contribution in [0.2, 0.25) is 5.02 Å². The number of aromatic nitrogens is 1. The van der Waals surface area contributed by atoms with Crippen molar-refractivity contribution in [3.63, 3.8) is 0 Å². The lowest BCUT2D eigenvalue weighted by molar-refractivity contribution is 0.101. The van der Waals surface area contributed by atoms with E-state index in [2.05, 4.69) is 4.98 Å². The maximum atomic E-state index is 11.3. The van der Waals surface area contributed by atoms with Gasteiger partial charge in [0, 0.05) is 23.5 Å². The molecule has 0 saturated heterocycles. The van der Waals surface area contributed by atoms with Crippen molar-refractivity contribution in [1.29, 1.82) is 0 Å². The van der Waals surface area contributed by atoms with Gasteiger partial charge in [-0.15, -0.1) is 0 Å². The van der Waals surface area contributed by atoms with Gasteiger partial charge in [0.15, 0.2) is 5.78 Å². The van der Waals surface area contributed by atoms with Crippen molar-refractivity contribution < 1.29 is 9.53 Å². The Labute approximate surface area is 110 Å². The Morgan fingerprint density at radius 3 is 2.61 bits per heavy atom. The van der Waals surface area contributed by atoms with Crippen LogP contribution in [0.15, 0.2) is 36.7 Å². The van der Waals surface area contributed by atoms with Crippen LogP contribution in [0.5, 0.6) is 5.75 Å². The number of hydrogen-bond acceptors (Lipinski definition) is 3. The molecule has 0 aliphatic heterocycles. The number of rotatable bonds is 3. The Morgan fingerprint density at radius 2 is 2.00 bits per heavy atom. The van der Waals surface area contributed by atoms with Gasteiger partial charge in [-0.1, -0.05) is 17.7 Å². The van der Waals surface area contributed by atoms with Crippen LogP contribution in [-0.2, 0) is 0 Å². The lowest BCUT2D eigenvalue weighted by Crippen LogP contribution is -1.94. The summed E-state index contributed by atoms with van der Waals surface area (Å²) >= 11 is 6.07. The Balaban J connectivity index is 2.45. The van der Waals surface area contributed by atoms with E-state index in [-0.39, 0.29) is 5.78 Å². The van der Waals surface area contributed by atoms with Crippen LogP contribution in [0.25, 0.3) is 11.1 Å². The average Bonchev–Trinajstić information content (AvgIpc) is 2.38. The molecular weight excluding hydrogens is 250 g/mol. The van der Waals surface area contributed by atoms with E-state index in [1.807, 2.05) is 6.07 Å². The highest BCUT2D eigenvalue weighted by molar-refractivity contribution is 6.32. The molecule has 0 radical (unpaired) electrons. The molecule has 2 aromatic rings. The first kappa shape index (κ1) is 12.6. The molecule has 0 unspecified atom stereocenters. The van der Waals surface area contributed by atoms with E-state index in [9.17, 15) is 4.79 Å². The molecule has 0 atom stereocenters. The van der Waals surface area contributed by atoms with Crippen LogP contribution in [0.4, 0.5) is 0 Å². The zero-order chi connectivity index (χ0) is 13.1. The number of hydrogen-bond donors (Lipinski definition) is 0. The van der Waals surface area contributed by atoms with Crippen molar-refractivity contribution in [3.05, 3.63) is 47.2 Å². The van der Waals surface area contributed by atoms with Crippen LogP contribution in [-0.4, -0.2) is 17.9 Å². The molecule has 1 aromatic carbocycles. The van der Waals surface area contributed by atoms with Gasteiger partial charge in [-0.3, -0.25) is 9.78 Å². The average molecular weight is 262 g/mol. The first-order valence-corrected chi connectivity index (χ1v) is 5.79. The Hall–Kier alpha value is -1.87. The number of ketones is 1. The summed E-state index contributed by atoms with van der Waals surface area (Å²) in [6.07, 6.45) is 3.25.